The average molecular weight is 518 g/mol. The quantitative estimate of drug-likeness (QED) is 0.322. The minimum absolute atomic E-state index is 0.389. The smallest absolute Gasteiger partial charge is 0.152 e. The van der Waals surface area contributed by atoms with E-state index in [1.165, 1.54) is 12.4 Å². The van der Waals surface area contributed by atoms with Crippen LogP contribution in [0.4, 0.5) is 23.0 Å². The molecule has 0 saturated heterocycles. The highest BCUT2D eigenvalue weighted by Gasteiger charge is 2.24. The fraction of sp³-hybridized carbons (Fsp3) is 0.0323. The van der Waals surface area contributed by atoms with Crippen LogP contribution in [0.5, 0.6) is 0 Å². The third-order valence-electron chi connectivity index (χ3n) is 6.11. The van der Waals surface area contributed by atoms with Crippen LogP contribution in [0.3, 0.4) is 0 Å². The lowest BCUT2D eigenvalue weighted by atomic mass is 10.1. The Bertz CT molecular complexity index is 1630. The summed E-state index contributed by atoms with van der Waals surface area (Å²) in [4.78, 5) is 11.0. The van der Waals surface area contributed by atoms with E-state index in [9.17, 15) is 21.0 Å². The van der Waals surface area contributed by atoms with Crippen molar-refractivity contribution >= 4 is 23.0 Å². The van der Waals surface area contributed by atoms with Crippen LogP contribution in [0.25, 0.3) is 0 Å². The van der Waals surface area contributed by atoms with E-state index < -0.39 is 0 Å². The Morgan fingerprint density at radius 2 is 1.10 bits per heavy atom. The first kappa shape index (κ1) is 25.2. The molecule has 0 radical (unpaired) electrons. The zero-order chi connectivity index (χ0) is 27.9. The summed E-state index contributed by atoms with van der Waals surface area (Å²) < 4.78 is 0. The minimum Gasteiger partial charge on any atom is -0.297 e. The van der Waals surface area contributed by atoms with Crippen LogP contribution < -0.4 is 9.91 Å². The topological polar surface area (TPSA) is 131 Å². The second-order valence-corrected chi connectivity index (χ2v) is 8.60. The lowest BCUT2D eigenvalue weighted by Gasteiger charge is -2.39. The van der Waals surface area contributed by atoms with Gasteiger partial charge in [-0.15, -0.1) is 0 Å². The Morgan fingerprint density at radius 1 is 0.600 bits per heavy atom. The van der Waals surface area contributed by atoms with E-state index in [-0.39, 0.29) is 0 Å². The molecule has 3 heterocycles. The van der Waals surface area contributed by atoms with Crippen LogP contribution in [-0.2, 0) is 0 Å². The van der Waals surface area contributed by atoms with Crippen molar-refractivity contribution in [2.75, 3.05) is 16.5 Å². The summed E-state index contributed by atoms with van der Waals surface area (Å²) in [5.41, 5.74) is 4.37. The highest BCUT2D eigenvalue weighted by Crippen LogP contribution is 2.33. The molecule has 0 unspecified atom stereocenters. The molecule has 40 heavy (non-hydrogen) atoms. The van der Waals surface area contributed by atoms with Gasteiger partial charge >= 0.3 is 0 Å². The van der Waals surface area contributed by atoms with Crippen molar-refractivity contribution < 1.29 is 0 Å². The molecule has 4 aromatic rings. The first-order chi connectivity index (χ1) is 19.6. The Kier molecular flexibility index (Phi) is 7.14. The first-order valence-corrected chi connectivity index (χ1v) is 12.1. The van der Waals surface area contributed by atoms with Gasteiger partial charge in [0.1, 0.15) is 18.0 Å². The molecule has 0 saturated carbocycles. The van der Waals surface area contributed by atoms with Crippen molar-refractivity contribution in [1.29, 1.82) is 21.0 Å². The van der Waals surface area contributed by atoms with E-state index in [0.717, 1.165) is 17.1 Å². The molecule has 0 aliphatic carbocycles. The van der Waals surface area contributed by atoms with Crippen LogP contribution in [-0.4, -0.2) is 21.5 Å². The van der Waals surface area contributed by atoms with Gasteiger partial charge < -0.3 is 0 Å². The van der Waals surface area contributed by atoms with Crippen LogP contribution in [0.15, 0.2) is 109 Å². The molecule has 1 aliphatic rings. The Labute approximate surface area is 231 Å². The van der Waals surface area contributed by atoms with E-state index >= 15 is 0 Å². The van der Waals surface area contributed by atoms with E-state index in [2.05, 4.69) is 34.2 Å². The monoisotopic (exact) mass is 517 g/mol. The zero-order valence-corrected chi connectivity index (χ0v) is 21.0. The molecule has 0 atom stereocenters. The van der Waals surface area contributed by atoms with Crippen molar-refractivity contribution in [2.45, 2.75) is 0 Å². The lowest BCUT2D eigenvalue weighted by molar-refractivity contribution is 0.404. The lowest BCUT2D eigenvalue weighted by Crippen LogP contribution is -2.40. The van der Waals surface area contributed by atoms with E-state index in [1.807, 2.05) is 57.5 Å². The van der Waals surface area contributed by atoms with Gasteiger partial charge in [0.25, 0.3) is 0 Å². The molecule has 0 spiro atoms. The van der Waals surface area contributed by atoms with Crippen molar-refractivity contribution in [2.24, 2.45) is 0 Å². The fourth-order valence-electron chi connectivity index (χ4n) is 4.19. The number of rotatable bonds is 6. The number of aromatic nitrogens is 2. The SMILES string of the molecule is N#Cc1ccc(N(C2=CC=CN(N(c3ccc(C#N)cc3)c3ccc(C#N)cn3)C2)c2ccc(C#N)cn2)cc1. The predicted octanol–water partition coefficient (Wildman–Crippen LogP) is 5.57. The number of allylic oxidation sites excluding steroid dienone is 2. The van der Waals surface area contributed by atoms with Gasteiger partial charge in [-0.05, 0) is 84.9 Å². The molecule has 9 heteroatoms. The van der Waals surface area contributed by atoms with Gasteiger partial charge in [-0.1, -0.05) is 0 Å². The molecule has 0 N–H and O–H groups in total. The molecule has 0 bridgehead atoms. The second kappa shape index (κ2) is 11.3. The van der Waals surface area contributed by atoms with Crippen molar-refractivity contribution in [1.82, 2.24) is 15.0 Å². The molecule has 2 aromatic heterocycles. The minimum atomic E-state index is 0.389. The maximum absolute atomic E-state index is 9.29. The molecule has 0 amide bonds. The summed E-state index contributed by atoms with van der Waals surface area (Å²) in [6, 6.07) is 29.8. The van der Waals surface area contributed by atoms with E-state index in [1.54, 1.807) is 48.5 Å². The van der Waals surface area contributed by atoms with Crippen molar-refractivity contribution in [3.8, 4) is 24.3 Å². The summed E-state index contributed by atoms with van der Waals surface area (Å²) in [5.74, 6) is 1.18. The number of hydrazine groups is 1. The van der Waals surface area contributed by atoms with Crippen LogP contribution in [0, 0.1) is 45.3 Å². The number of hydrogen-bond acceptors (Lipinski definition) is 9. The molecular weight excluding hydrogens is 498 g/mol. The van der Waals surface area contributed by atoms with Crippen LogP contribution in [0.1, 0.15) is 22.3 Å². The van der Waals surface area contributed by atoms with Gasteiger partial charge in [-0.2, -0.15) is 21.0 Å². The second-order valence-electron chi connectivity index (χ2n) is 8.60. The number of hydrogen-bond donors (Lipinski definition) is 0. The molecule has 9 nitrogen and oxygen atoms in total. The predicted molar refractivity (Wildman–Crippen MR) is 148 cm³/mol. The van der Waals surface area contributed by atoms with E-state index in [0.29, 0.717) is 40.4 Å². The summed E-state index contributed by atoms with van der Waals surface area (Å²) in [5, 5.41) is 41.0. The fourth-order valence-corrected chi connectivity index (χ4v) is 4.19. The van der Waals surface area contributed by atoms with Gasteiger partial charge in [-0.25, -0.2) is 15.0 Å². The maximum Gasteiger partial charge on any atom is 0.152 e. The molecule has 0 fully saturated rings. The number of nitriles is 4. The van der Waals surface area contributed by atoms with Crippen molar-refractivity contribution in [3.63, 3.8) is 0 Å². The van der Waals surface area contributed by atoms with Gasteiger partial charge in [-0.3, -0.25) is 9.91 Å². The number of pyridine rings is 2. The Hall–Kier alpha value is -6.42. The third-order valence-corrected chi connectivity index (χ3v) is 6.11. The Morgan fingerprint density at radius 3 is 1.60 bits per heavy atom. The van der Waals surface area contributed by atoms with Crippen LogP contribution in [0.2, 0.25) is 0 Å². The summed E-state index contributed by atoms with van der Waals surface area (Å²) in [6.07, 6.45) is 8.81. The largest absolute Gasteiger partial charge is 0.297 e. The molecule has 1 aliphatic heterocycles. The summed E-state index contributed by atoms with van der Waals surface area (Å²) in [6.45, 7) is 0.389. The maximum atomic E-state index is 9.29. The number of nitrogens with zero attached hydrogens (tertiary/aromatic N) is 9. The van der Waals surface area contributed by atoms with Gasteiger partial charge in [0.05, 0.1) is 46.6 Å². The zero-order valence-electron chi connectivity index (χ0n) is 21.0. The van der Waals surface area contributed by atoms with Gasteiger partial charge in [0, 0.05) is 30.0 Å². The van der Waals surface area contributed by atoms with Gasteiger partial charge in [0.2, 0.25) is 0 Å². The molecular formula is C31H19N9. The third kappa shape index (κ3) is 5.17. The normalized spacial score (nSPS) is 11.8. The van der Waals surface area contributed by atoms with Crippen molar-refractivity contribution in [3.05, 3.63) is 131 Å². The number of anilines is 4. The molecule has 188 valence electrons. The first-order valence-electron chi connectivity index (χ1n) is 12.1. The van der Waals surface area contributed by atoms with Crippen LogP contribution >= 0.6 is 0 Å². The highest BCUT2D eigenvalue weighted by atomic mass is 15.6. The molecule has 2 aromatic carbocycles. The number of benzene rings is 2. The van der Waals surface area contributed by atoms with Gasteiger partial charge in [0.15, 0.2) is 5.82 Å². The van der Waals surface area contributed by atoms with E-state index in [4.69, 9.17) is 0 Å². The standard InChI is InChI=1S/C31H19N9/c32-16-23-3-9-27(10-4-23)39(30-13-7-25(18-34)20-36-30)29-2-1-15-38(22-29)40(28-11-5-24(17-33)6-12-28)31-14-8-26(19-35)21-37-31/h1-15,20-21H,22H2. The average Bonchev–Trinajstić information content (AvgIpc) is 3.03. The molecule has 5 rings (SSSR count). The summed E-state index contributed by atoms with van der Waals surface area (Å²) in [7, 11) is 0. The Balaban J connectivity index is 1.56. The summed E-state index contributed by atoms with van der Waals surface area (Å²) >= 11 is 0. The highest BCUT2D eigenvalue weighted by molar-refractivity contribution is 5.68.